The molecule has 1 rings (SSSR count). The maximum absolute atomic E-state index is 10.3. The van der Waals surface area contributed by atoms with E-state index in [4.69, 9.17) is 19.9 Å². The average Bonchev–Trinajstić information content (AvgIpc) is 2.05. The molecule has 0 spiro atoms. The van der Waals surface area contributed by atoms with Gasteiger partial charge in [0.15, 0.2) is 11.1 Å². The molecule has 0 bridgehead atoms. The second kappa shape index (κ2) is 6.09. The van der Waals surface area contributed by atoms with E-state index in [1.165, 1.54) is 0 Å². The lowest BCUT2D eigenvalue weighted by Gasteiger charge is -1.89. The molecule has 6 nitrogen and oxygen atoms in total. The monoisotopic (exact) mass is 206 g/mol. The Hall–Kier alpha value is -1.47. The van der Waals surface area contributed by atoms with E-state index in [2.05, 4.69) is 0 Å². The summed E-state index contributed by atoms with van der Waals surface area (Å²) in [5.74, 6) is 0. The molecule has 7 heteroatoms. The zero-order chi connectivity index (χ0) is 10.3. The lowest BCUT2D eigenvalue weighted by atomic mass is 10.4. The van der Waals surface area contributed by atoms with E-state index < -0.39 is 16.2 Å². The molecular formula is C6H8NO5S+. The fourth-order valence-corrected chi connectivity index (χ4v) is 0.927. The van der Waals surface area contributed by atoms with Crippen LogP contribution in [-0.4, -0.2) is 24.3 Å². The summed E-state index contributed by atoms with van der Waals surface area (Å²) in [7, 11) is 0. The summed E-state index contributed by atoms with van der Waals surface area (Å²) in [5, 5.41) is 12.5. The lowest BCUT2D eigenvalue weighted by Crippen LogP contribution is -1.87. The molecule has 3 N–H and O–H groups in total. The van der Waals surface area contributed by atoms with E-state index in [1.807, 2.05) is 0 Å². The average molecular weight is 206 g/mol. The van der Waals surface area contributed by atoms with Gasteiger partial charge in [-0.05, 0) is 12.1 Å². The summed E-state index contributed by atoms with van der Waals surface area (Å²) >= 11 is -1.83. The van der Waals surface area contributed by atoms with Crippen LogP contribution in [0.2, 0.25) is 0 Å². The Bertz CT molecular complexity index is 284. The van der Waals surface area contributed by atoms with Gasteiger partial charge in [-0.3, -0.25) is 0 Å². The number of hydrogen-bond acceptors (Lipinski definition) is 2. The molecule has 0 fully saturated rings. The molecule has 0 amide bonds. The van der Waals surface area contributed by atoms with Crippen molar-refractivity contribution in [2.45, 2.75) is 4.90 Å². The highest BCUT2D eigenvalue weighted by Crippen LogP contribution is 2.00. The van der Waals surface area contributed by atoms with Crippen molar-refractivity contribution in [2.24, 2.45) is 0 Å². The van der Waals surface area contributed by atoms with Crippen molar-refractivity contribution in [1.29, 1.82) is 0 Å². The Kier molecular flexibility index (Phi) is 5.40. The van der Waals surface area contributed by atoms with Gasteiger partial charge in [-0.1, -0.05) is 18.2 Å². The summed E-state index contributed by atoms with van der Waals surface area (Å²) in [6.45, 7) is 0. The van der Waals surface area contributed by atoms with E-state index in [0.29, 0.717) is 4.90 Å². The highest BCUT2D eigenvalue weighted by Gasteiger charge is 1.93. The third kappa shape index (κ3) is 6.91. The number of hydrogen-bond donors (Lipinski definition) is 3. The van der Waals surface area contributed by atoms with Gasteiger partial charge in [0.05, 0.1) is 4.90 Å². The Morgan fingerprint density at radius 1 is 1.15 bits per heavy atom. The molecule has 1 aromatic carbocycles. The topological polar surface area (TPSA) is 97.8 Å². The molecule has 72 valence electrons. The quantitative estimate of drug-likeness (QED) is 0.466. The van der Waals surface area contributed by atoms with Crippen molar-refractivity contribution in [2.75, 3.05) is 0 Å². The smallest absolute Gasteiger partial charge is 0.302 e. The molecular weight excluding hydrogens is 198 g/mol. The van der Waals surface area contributed by atoms with Crippen LogP contribution in [0.5, 0.6) is 0 Å². The van der Waals surface area contributed by atoms with E-state index in [-0.39, 0.29) is 0 Å². The summed E-state index contributed by atoms with van der Waals surface area (Å²) in [4.78, 5) is 8.91. The normalized spacial score (nSPS) is 10.8. The largest absolute Gasteiger partial charge is 0.472 e. The minimum absolute atomic E-state index is 0.442. The minimum Gasteiger partial charge on any atom is -0.302 e. The Morgan fingerprint density at radius 3 is 1.77 bits per heavy atom. The van der Waals surface area contributed by atoms with Crippen LogP contribution >= 0.6 is 0 Å². The first-order chi connectivity index (χ1) is 6.04. The molecule has 0 aliphatic rings. The first kappa shape index (κ1) is 11.5. The van der Waals surface area contributed by atoms with Gasteiger partial charge in [-0.2, -0.15) is 0 Å². The van der Waals surface area contributed by atoms with E-state index in [0.717, 1.165) is 0 Å². The minimum atomic E-state index is -1.83. The van der Waals surface area contributed by atoms with Gasteiger partial charge in [-0.15, -0.1) is 0 Å². The zero-order valence-electron chi connectivity index (χ0n) is 6.40. The molecule has 0 aliphatic heterocycles. The molecule has 1 aromatic rings. The van der Waals surface area contributed by atoms with Crippen molar-refractivity contribution in [1.82, 2.24) is 0 Å². The number of nitrogens with zero attached hydrogens (tertiary/aromatic N) is 1. The zero-order valence-corrected chi connectivity index (χ0v) is 7.22. The van der Waals surface area contributed by atoms with Crippen LogP contribution in [0.25, 0.3) is 0 Å². The maximum atomic E-state index is 10.3. The van der Waals surface area contributed by atoms with Gasteiger partial charge < -0.3 is 4.55 Å². The molecule has 0 saturated heterocycles. The SMILES string of the molecule is O=S(O)c1ccccc1.O=[N+](O)O. The van der Waals surface area contributed by atoms with Gasteiger partial charge in [0.2, 0.25) is 0 Å². The van der Waals surface area contributed by atoms with E-state index in [1.54, 1.807) is 30.3 Å². The second-order valence-corrected chi connectivity index (χ2v) is 2.78. The highest BCUT2D eigenvalue weighted by molar-refractivity contribution is 7.79. The predicted octanol–water partition coefficient (Wildman–Crippen LogP) is 0.811. The molecule has 0 radical (unpaired) electrons. The Labute approximate surface area is 76.2 Å². The van der Waals surface area contributed by atoms with Crippen molar-refractivity contribution < 1.29 is 24.3 Å². The third-order valence-electron chi connectivity index (χ3n) is 0.945. The van der Waals surface area contributed by atoms with Crippen LogP contribution in [0.1, 0.15) is 0 Å². The Morgan fingerprint density at radius 2 is 1.54 bits per heavy atom. The van der Waals surface area contributed by atoms with Gasteiger partial charge in [-0.25, -0.2) is 14.6 Å². The first-order valence-electron chi connectivity index (χ1n) is 3.05. The molecule has 0 aliphatic carbocycles. The molecule has 1 unspecified atom stereocenters. The fraction of sp³-hybridized carbons (Fsp3) is 0. The van der Waals surface area contributed by atoms with Crippen LogP contribution < -0.4 is 0 Å². The van der Waals surface area contributed by atoms with Crippen molar-refractivity contribution >= 4 is 11.1 Å². The second-order valence-electron chi connectivity index (χ2n) is 1.81. The van der Waals surface area contributed by atoms with Crippen molar-refractivity contribution in [3.05, 3.63) is 35.2 Å². The van der Waals surface area contributed by atoms with E-state index >= 15 is 0 Å². The summed E-state index contributed by atoms with van der Waals surface area (Å²) in [6.07, 6.45) is 0. The number of benzene rings is 1. The predicted molar refractivity (Wildman–Crippen MR) is 42.7 cm³/mol. The first-order valence-corrected chi connectivity index (χ1v) is 4.15. The van der Waals surface area contributed by atoms with Gasteiger partial charge in [0.1, 0.15) is 4.91 Å². The van der Waals surface area contributed by atoms with Crippen LogP contribution in [0.4, 0.5) is 0 Å². The van der Waals surface area contributed by atoms with Crippen LogP contribution in [0.3, 0.4) is 0 Å². The Balaban J connectivity index is 0.000000310. The molecule has 0 saturated carbocycles. The lowest BCUT2D eigenvalue weighted by molar-refractivity contribution is -0.969. The highest BCUT2D eigenvalue weighted by atomic mass is 32.2. The summed E-state index contributed by atoms with van der Waals surface area (Å²) < 4.78 is 18.8. The van der Waals surface area contributed by atoms with Gasteiger partial charge >= 0.3 is 5.09 Å². The van der Waals surface area contributed by atoms with Crippen LogP contribution in [0, 0.1) is 4.91 Å². The number of rotatable bonds is 1. The maximum Gasteiger partial charge on any atom is 0.472 e. The molecule has 13 heavy (non-hydrogen) atoms. The van der Waals surface area contributed by atoms with Crippen molar-refractivity contribution in [3.8, 4) is 0 Å². The molecule has 0 heterocycles. The fourth-order valence-electron chi connectivity index (χ4n) is 0.537. The molecule has 1 atom stereocenters. The van der Waals surface area contributed by atoms with E-state index in [9.17, 15) is 4.21 Å². The van der Waals surface area contributed by atoms with Gasteiger partial charge in [0.25, 0.3) is 0 Å². The standard InChI is InChI=1S/C6H6O2S.H2NO3/c7-9(8)6-4-2-1-3-5-6;2-1(3)4/h1-5H,(H,7,8);(H2,2,3,4)/q;+1. The molecule has 0 aromatic heterocycles. The van der Waals surface area contributed by atoms with Gasteiger partial charge in [0, 0.05) is 0 Å². The van der Waals surface area contributed by atoms with Crippen LogP contribution in [0.15, 0.2) is 35.2 Å². The third-order valence-corrected chi connectivity index (χ3v) is 1.62. The summed E-state index contributed by atoms with van der Waals surface area (Å²) in [5.41, 5.74) is 0. The summed E-state index contributed by atoms with van der Waals surface area (Å²) in [6, 6.07) is 8.47. The van der Waals surface area contributed by atoms with Crippen molar-refractivity contribution in [3.63, 3.8) is 0 Å². The van der Waals surface area contributed by atoms with Crippen LogP contribution in [-0.2, 0) is 11.1 Å².